The number of benzene rings is 2. The molecule has 0 aliphatic carbocycles. The van der Waals surface area contributed by atoms with Crippen molar-refractivity contribution in [1.29, 1.82) is 0 Å². The maximum absolute atomic E-state index is 12.2. The molecule has 0 atom stereocenters. The molecule has 1 aliphatic heterocycles. The predicted octanol–water partition coefficient (Wildman–Crippen LogP) is 2.24. The quantitative estimate of drug-likeness (QED) is 0.875. The lowest BCUT2D eigenvalue weighted by Crippen LogP contribution is -2.37. The van der Waals surface area contributed by atoms with Crippen LogP contribution < -0.4 is 10.1 Å². The Balaban J connectivity index is 1.71. The van der Waals surface area contributed by atoms with Gasteiger partial charge in [0, 0.05) is 5.69 Å². The number of carbonyl (C=O) groups is 3. The Hall–Kier alpha value is -3.15. The molecule has 6 nitrogen and oxygen atoms in total. The van der Waals surface area contributed by atoms with Crippen LogP contribution in [0.1, 0.15) is 26.3 Å². The largest absolute Gasteiger partial charge is 0.496 e. The van der Waals surface area contributed by atoms with E-state index in [9.17, 15) is 14.4 Å². The van der Waals surface area contributed by atoms with Crippen molar-refractivity contribution in [3.8, 4) is 5.75 Å². The fourth-order valence-corrected chi connectivity index (χ4v) is 2.68. The Morgan fingerprint density at radius 2 is 1.71 bits per heavy atom. The number of hydrogen-bond acceptors (Lipinski definition) is 4. The van der Waals surface area contributed by atoms with E-state index in [2.05, 4.69) is 5.32 Å². The lowest BCUT2D eigenvalue weighted by atomic mass is 10.1. The van der Waals surface area contributed by atoms with Gasteiger partial charge in [0.1, 0.15) is 12.3 Å². The summed E-state index contributed by atoms with van der Waals surface area (Å²) in [6, 6.07) is 11.8. The van der Waals surface area contributed by atoms with Crippen LogP contribution in [-0.4, -0.2) is 36.3 Å². The van der Waals surface area contributed by atoms with Crippen molar-refractivity contribution in [1.82, 2.24) is 4.90 Å². The van der Waals surface area contributed by atoms with Gasteiger partial charge in [-0.25, -0.2) is 0 Å². The standard InChI is InChI=1S/C18H16N2O4/c1-11-9-12(7-8-15(11)24-2)19-16(21)10-20-17(22)13-5-3-4-6-14(13)18(20)23/h3-9H,10H2,1-2H3,(H,19,21). The van der Waals surface area contributed by atoms with E-state index in [-0.39, 0.29) is 6.54 Å². The summed E-state index contributed by atoms with van der Waals surface area (Å²) < 4.78 is 5.17. The molecule has 3 rings (SSSR count). The predicted molar refractivity (Wildman–Crippen MR) is 88.2 cm³/mol. The highest BCUT2D eigenvalue weighted by Crippen LogP contribution is 2.23. The highest BCUT2D eigenvalue weighted by Gasteiger charge is 2.36. The zero-order chi connectivity index (χ0) is 17.3. The highest BCUT2D eigenvalue weighted by molar-refractivity contribution is 6.22. The molecular weight excluding hydrogens is 308 g/mol. The third kappa shape index (κ3) is 2.74. The number of carbonyl (C=O) groups excluding carboxylic acids is 3. The van der Waals surface area contributed by atoms with E-state index in [1.165, 1.54) is 0 Å². The van der Waals surface area contributed by atoms with Crippen molar-refractivity contribution in [2.24, 2.45) is 0 Å². The summed E-state index contributed by atoms with van der Waals surface area (Å²) in [5.74, 6) is -0.615. The van der Waals surface area contributed by atoms with Crippen molar-refractivity contribution in [3.63, 3.8) is 0 Å². The molecule has 6 heteroatoms. The SMILES string of the molecule is COc1ccc(NC(=O)CN2C(=O)c3ccccc3C2=O)cc1C. The van der Waals surface area contributed by atoms with E-state index in [1.54, 1.807) is 49.6 Å². The lowest BCUT2D eigenvalue weighted by Gasteiger charge is -2.14. The van der Waals surface area contributed by atoms with Crippen molar-refractivity contribution in [2.75, 3.05) is 19.0 Å². The van der Waals surface area contributed by atoms with Gasteiger partial charge in [0.15, 0.2) is 0 Å². The molecule has 1 aliphatic rings. The van der Waals surface area contributed by atoms with Crippen LogP contribution in [0.15, 0.2) is 42.5 Å². The third-order valence-corrected chi connectivity index (χ3v) is 3.86. The van der Waals surface area contributed by atoms with Crippen LogP contribution in [-0.2, 0) is 4.79 Å². The Morgan fingerprint density at radius 3 is 2.25 bits per heavy atom. The number of anilines is 1. The summed E-state index contributed by atoms with van der Waals surface area (Å²) >= 11 is 0. The Labute approximate surface area is 139 Å². The molecule has 2 aromatic rings. The monoisotopic (exact) mass is 324 g/mol. The lowest BCUT2D eigenvalue weighted by molar-refractivity contribution is -0.116. The fraction of sp³-hybridized carbons (Fsp3) is 0.167. The third-order valence-electron chi connectivity index (χ3n) is 3.86. The minimum atomic E-state index is -0.448. The molecule has 24 heavy (non-hydrogen) atoms. The molecule has 0 unspecified atom stereocenters. The van der Waals surface area contributed by atoms with E-state index < -0.39 is 17.7 Å². The van der Waals surface area contributed by atoms with E-state index >= 15 is 0 Å². The summed E-state index contributed by atoms with van der Waals surface area (Å²) in [4.78, 5) is 37.6. The molecule has 0 saturated carbocycles. The minimum Gasteiger partial charge on any atom is -0.496 e. The van der Waals surface area contributed by atoms with Crippen molar-refractivity contribution in [3.05, 3.63) is 59.2 Å². The van der Waals surface area contributed by atoms with Crippen LogP contribution in [0.5, 0.6) is 5.75 Å². The number of imide groups is 1. The average molecular weight is 324 g/mol. The normalized spacial score (nSPS) is 13.0. The first kappa shape index (κ1) is 15.7. The van der Waals surface area contributed by atoms with E-state index in [1.807, 2.05) is 6.92 Å². The van der Waals surface area contributed by atoms with Crippen LogP contribution in [0.2, 0.25) is 0 Å². The number of fused-ring (bicyclic) bond motifs is 1. The molecule has 0 radical (unpaired) electrons. The Kier molecular flexibility index (Phi) is 4.04. The van der Waals surface area contributed by atoms with Gasteiger partial charge in [-0.3, -0.25) is 19.3 Å². The molecule has 1 heterocycles. The number of methoxy groups -OCH3 is 1. The van der Waals surface area contributed by atoms with Crippen LogP contribution in [0, 0.1) is 6.92 Å². The molecule has 0 fully saturated rings. The van der Waals surface area contributed by atoms with Gasteiger partial charge in [-0.2, -0.15) is 0 Å². The van der Waals surface area contributed by atoms with Crippen molar-refractivity contribution < 1.29 is 19.1 Å². The molecule has 2 aromatic carbocycles. The summed E-state index contributed by atoms with van der Waals surface area (Å²) in [7, 11) is 1.57. The molecule has 1 N–H and O–H groups in total. The maximum Gasteiger partial charge on any atom is 0.262 e. The van der Waals surface area contributed by atoms with Gasteiger partial charge in [-0.05, 0) is 42.8 Å². The Bertz CT molecular complexity index is 810. The first-order valence-electron chi connectivity index (χ1n) is 7.41. The number of nitrogens with one attached hydrogen (secondary N) is 1. The summed E-state index contributed by atoms with van der Waals surface area (Å²) in [5.41, 5.74) is 2.11. The van der Waals surface area contributed by atoms with Crippen LogP contribution in [0.25, 0.3) is 0 Å². The topological polar surface area (TPSA) is 75.7 Å². The highest BCUT2D eigenvalue weighted by atomic mass is 16.5. The molecule has 0 bridgehead atoms. The van der Waals surface area contributed by atoms with Crippen molar-refractivity contribution in [2.45, 2.75) is 6.92 Å². The second kappa shape index (κ2) is 6.16. The molecular formula is C18H16N2O4. The number of rotatable bonds is 4. The number of nitrogens with zero attached hydrogens (tertiary/aromatic N) is 1. The van der Waals surface area contributed by atoms with Crippen LogP contribution >= 0.6 is 0 Å². The second-order valence-electron chi connectivity index (χ2n) is 5.47. The Morgan fingerprint density at radius 1 is 1.08 bits per heavy atom. The zero-order valence-electron chi connectivity index (χ0n) is 13.3. The van der Waals surface area contributed by atoms with E-state index in [4.69, 9.17) is 4.74 Å². The fourth-order valence-electron chi connectivity index (χ4n) is 2.68. The van der Waals surface area contributed by atoms with Gasteiger partial charge >= 0.3 is 0 Å². The van der Waals surface area contributed by atoms with E-state index in [0.29, 0.717) is 22.6 Å². The van der Waals surface area contributed by atoms with Crippen LogP contribution in [0.4, 0.5) is 5.69 Å². The summed E-state index contributed by atoms with van der Waals surface area (Å²) in [6.45, 7) is 1.54. The first-order chi connectivity index (χ1) is 11.5. The molecule has 122 valence electrons. The number of amides is 3. The molecule has 3 amide bonds. The van der Waals surface area contributed by atoms with Gasteiger partial charge in [0.2, 0.25) is 5.91 Å². The van der Waals surface area contributed by atoms with Gasteiger partial charge in [-0.15, -0.1) is 0 Å². The van der Waals surface area contributed by atoms with E-state index in [0.717, 1.165) is 10.5 Å². The second-order valence-corrected chi connectivity index (χ2v) is 5.47. The molecule has 0 spiro atoms. The minimum absolute atomic E-state index is 0.322. The summed E-state index contributed by atoms with van der Waals surface area (Å²) in [5, 5.41) is 2.69. The maximum atomic E-state index is 12.2. The smallest absolute Gasteiger partial charge is 0.262 e. The van der Waals surface area contributed by atoms with Crippen molar-refractivity contribution >= 4 is 23.4 Å². The van der Waals surface area contributed by atoms with Gasteiger partial charge in [0.05, 0.1) is 18.2 Å². The number of ether oxygens (including phenoxy) is 1. The molecule has 0 aromatic heterocycles. The average Bonchev–Trinajstić information content (AvgIpc) is 2.80. The van der Waals surface area contributed by atoms with Gasteiger partial charge in [0.25, 0.3) is 11.8 Å². The number of hydrogen-bond donors (Lipinski definition) is 1. The molecule has 0 saturated heterocycles. The summed E-state index contributed by atoms with van der Waals surface area (Å²) in [6.07, 6.45) is 0. The van der Waals surface area contributed by atoms with Gasteiger partial charge in [-0.1, -0.05) is 12.1 Å². The zero-order valence-corrected chi connectivity index (χ0v) is 13.3. The van der Waals surface area contributed by atoms with Crippen LogP contribution in [0.3, 0.4) is 0 Å². The number of aryl methyl sites for hydroxylation is 1. The van der Waals surface area contributed by atoms with Gasteiger partial charge < -0.3 is 10.1 Å². The first-order valence-corrected chi connectivity index (χ1v) is 7.41.